The lowest BCUT2D eigenvalue weighted by molar-refractivity contribution is -0.130. The zero-order valence-electron chi connectivity index (χ0n) is 12.1. The average Bonchev–Trinajstić information content (AvgIpc) is 2.94. The minimum Gasteiger partial charge on any atom is -0.428 e. The number of cyclic esters (lactones) is 1. The Kier molecular flexibility index (Phi) is 4.29. The van der Waals surface area contributed by atoms with Gasteiger partial charge in [-0.05, 0) is 17.7 Å². The van der Waals surface area contributed by atoms with Gasteiger partial charge in [0, 0.05) is 6.42 Å². The van der Waals surface area contributed by atoms with Gasteiger partial charge in [0.15, 0.2) is 5.70 Å². The fourth-order valence-electron chi connectivity index (χ4n) is 2.03. The van der Waals surface area contributed by atoms with E-state index in [1.807, 2.05) is 30.3 Å². The van der Waals surface area contributed by atoms with Gasteiger partial charge in [0.25, 0.3) is 0 Å². The Balaban J connectivity index is 1.67. The maximum Gasteiger partial charge on any atom is 0.366 e. The van der Waals surface area contributed by atoms with Crippen molar-refractivity contribution >= 4 is 17.8 Å². The third-order valence-corrected chi connectivity index (χ3v) is 3.15. The number of hydrogen-bond donors (Lipinski definition) is 0. The quantitative estimate of drug-likeness (QED) is 0.495. The van der Waals surface area contributed by atoms with E-state index in [9.17, 15) is 9.59 Å². The number of rotatable bonds is 4. The lowest BCUT2D eigenvalue weighted by Crippen LogP contribution is -2.07. The number of carbonyl (C=O) groups is 2. The lowest BCUT2D eigenvalue weighted by Gasteiger charge is -1.99. The van der Waals surface area contributed by atoms with Gasteiger partial charge in [0.05, 0.1) is 5.56 Å². The van der Waals surface area contributed by atoms with Gasteiger partial charge < -0.3 is 9.47 Å². The van der Waals surface area contributed by atoms with Crippen LogP contribution in [-0.2, 0) is 20.7 Å². The monoisotopic (exact) mass is 307 g/mol. The van der Waals surface area contributed by atoms with Crippen LogP contribution < -0.4 is 0 Å². The molecule has 2 aromatic carbocycles. The molecule has 0 N–H and O–H groups in total. The van der Waals surface area contributed by atoms with Gasteiger partial charge in [0.1, 0.15) is 6.26 Å². The second-order valence-corrected chi connectivity index (χ2v) is 4.83. The summed E-state index contributed by atoms with van der Waals surface area (Å²) >= 11 is 0. The molecule has 0 unspecified atom stereocenters. The van der Waals surface area contributed by atoms with Gasteiger partial charge in [-0.3, -0.25) is 0 Å². The van der Waals surface area contributed by atoms with Crippen molar-refractivity contribution < 1.29 is 19.1 Å². The minimum atomic E-state index is -0.628. The predicted octanol–water partition coefficient (Wildman–Crippen LogP) is 2.88. The average molecular weight is 307 g/mol. The number of ether oxygens (including phenoxy) is 2. The van der Waals surface area contributed by atoms with Crippen molar-refractivity contribution in [3.8, 4) is 0 Å². The molecule has 0 fully saturated rings. The van der Waals surface area contributed by atoms with Crippen LogP contribution in [0.2, 0.25) is 0 Å². The smallest absolute Gasteiger partial charge is 0.366 e. The van der Waals surface area contributed by atoms with Crippen LogP contribution in [0.1, 0.15) is 15.9 Å². The van der Waals surface area contributed by atoms with E-state index in [-0.39, 0.29) is 11.6 Å². The van der Waals surface area contributed by atoms with E-state index >= 15 is 0 Å². The van der Waals surface area contributed by atoms with Gasteiger partial charge in [-0.25, -0.2) is 14.6 Å². The first-order valence-corrected chi connectivity index (χ1v) is 7.02. The highest BCUT2D eigenvalue weighted by molar-refractivity contribution is 6.05. The first kappa shape index (κ1) is 14.7. The molecule has 0 aliphatic carbocycles. The first-order valence-electron chi connectivity index (χ1n) is 7.02. The fraction of sp³-hybridized carbons (Fsp3) is 0.0556. The van der Waals surface area contributed by atoms with Crippen molar-refractivity contribution in [1.82, 2.24) is 0 Å². The second kappa shape index (κ2) is 6.70. The zero-order chi connectivity index (χ0) is 16.1. The van der Waals surface area contributed by atoms with Gasteiger partial charge >= 0.3 is 11.9 Å². The molecule has 0 bridgehead atoms. The number of hydrogen-bond acceptors (Lipinski definition) is 5. The van der Waals surface area contributed by atoms with E-state index in [1.165, 1.54) is 0 Å². The summed E-state index contributed by atoms with van der Waals surface area (Å²) in [6, 6.07) is 18.0. The van der Waals surface area contributed by atoms with E-state index < -0.39 is 11.9 Å². The Labute approximate surface area is 132 Å². The largest absolute Gasteiger partial charge is 0.428 e. The lowest BCUT2D eigenvalue weighted by atomic mass is 10.1. The van der Waals surface area contributed by atoms with Crippen LogP contribution in [0.5, 0.6) is 0 Å². The van der Waals surface area contributed by atoms with E-state index in [0.29, 0.717) is 12.0 Å². The Morgan fingerprint density at radius 1 is 1.04 bits per heavy atom. The molecule has 23 heavy (non-hydrogen) atoms. The van der Waals surface area contributed by atoms with Crippen LogP contribution in [0.25, 0.3) is 0 Å². The highest BCUT2D eigenvalue weighted by Crippen LogP contribution is 2.15. The van der Waals surface area contributed by atoms with E-state index in [1.54, 1.807) is 30.3 Å². The van der Waals surface area contributed by atoms with Crippen LogP contribution in [0, 0.1) is 0 Å². The molecule has 114 valence electrons. The summed E-state index contributed by atoms with van der Waals surface area (Å²) in [5, 5.41) is 0. The second-order valence-electron chi connectivity index (χ2n) is 4.83. The summed E-state index contributed by atoms with van der Waals surface area (Å²) in [7, 11) is 0. The normalized spacial score (nSPS) is 15.2. The number of esters is 2. The number of carbonyl (C=O) groups excluding carboxylic acids is 2. The highest BCUT2D eigenvalue weighted by atomic mass is 16.6. The van der Waals surface area contributed by atoms with Gasteiger partial charge in [-0.1, -0.05) is 48.5 Å². The van der Waals surface area contributed by atoms with Gasteiger partial charge in [0.2, 0.25) is 5.90 Å². The zero-order valence-corrected chi connectivity index (χ0v) is 12.1. The van der Waals surface area contributed by atoms with Crippen molar-refractivity contribution in [3.63, 3.8) is 0 Å². The van der Waals surface area contributed by atoms with Gasteiger partial charge in [-0.2, -0.15) is 0 Å². The van der Waals surface area contributed by atoms with Gasteiger partial charge in [-0.15, -0.1) is 0 Å². The number of benzene rings is 2. The molecule has 1 aliphatic rings. The highest BCUT2D eigenvalue weighted by Gasteiger charge is 2.24. The molecule has 0 aromatic heterocycles. The maximum absolute atomic E-state index is 11.8. The first-order chi connectivity index (χ1) is 11.2. The predicted molar refractivity (Wildman–Crippen MR) is 83.6 cm³/mol. The minimum absolute atomic E-state index is 0.0276. The standard InChI is InChI=1S/C18H13NO4/c20-17(14-9-5-2-6-10-14)22-12-15-18(21)23-16(19-15)11-13-7-3-1-4-8-13/h1-10,12H,11H2/b15-12-. The molecule has 5 nitrogen and oxygen atoms in total. The SMILES string of the molecule is O=C1OC(Cc2ccccc2)=N/C1=C\OC(=O)c1ccccc1. The topological polar surface area (TPSA) is 65.0 Å². The molecule has 0 amide bonds. The Bertz CT molecular complexity index is 779. The van der Waals surface area contributed by atoms with Crippen molar-refractivity contribution in [3.05, 3.63) is 83.7 Å². The molecule has 2 aromatic rings. The van der Waals surface area contributed by atoms with E-state index in [0.717, 1.165) is 11.8 Å². The molecule has 0 saturated carbocycles. The molecule has 0 atom stereocenters. The summed E-state index contributed by atoms with van der Waals surface area (Å²) in [5.41, 5.74) is 1.34. The fourth-order valence-corrected chi connectivity index (χ4v) is 2.03. The third kappa shape index (κ3) is 3.71. The van der Waals surface area contributed by atoms with Crippen LogP contribution >= 0.6 is 0 Å². The summed E-state index contributed by atoms with van der Waals surface area (Å²) in [6.45, 7) is 0. The van der Waals surface area contributed by atoms with Crippen LogP contribution in [0.3, 0.4) is 0 Å². The summed E-state index contributed by atoms with van der Waals surface area (Å²) in [5.74, 6) is -0.905. The van der Waals surface area contributed by atoms with Crippen LogP contribution in [0.15, 0.2) is 77.6 Å². The van der Waals surface area contributed by atoms with Crippen molar-refractivity contribution in [2.24, 2.45) is 4.99 Å². The molecule has 0 saturated heterocycles. The summed E-state index contributed by atoms with van der Waals surface area (Å²) < 4.78 is 10.0. The Hall–Kier alpha value is -3.21. The molecular formula is C18H13NO4. The molecule has 0 radical (unpaired) electrons. The maximum atomic E-state index is 11.8. The molecule has 1 aliphatic heterocycles. The van der Waals surface area contributed by atoms with Crippen LogP contribution in [-0.4, -0.2) is 17.8 Å². The van der Waals surface area contributed by atoms with Crippen molar-refractivity contribution in [2.45, 2.75) is 6.42 Å². The molecular weight excluding hydrogens is 294 g/mol. The van der Waals surface area contributed by atoms with E-state index in [4.69, 9.17) is 9.47 Å². The molecule has 3 rings (SSSR count). The molecule has 1 heterocycles. The summed E-state index contributed by atoms with van der Waals surface area (Å²) in [4.78, 5) is 27.6. The third-order valence-electron chi connectivity index (χ3n) is 3.15. The number of aliphatic imine (C=N–C) groups is 1. The molecule has 0 spiro atoms. The van der Waals surface area contributed by atoms with Crippen molar-refractivity contribution in [1.29, 1.82) is 0 Å². The summed E-state index contributed by atoms with van der Waals surface area (Å²) in [6.07, 6.45) is 1.42. The number of nitrogens with zero attached hydrogens (tertiary/aromatic N) is 1. The van der Waals surface area contributed by atoms with Crippen LogP contribution in [0.4, 0.5) is 0 Å². The van der Waals surface area contributed by atoms with Crippen molar-refractivity contribution in [2.75, 3.05) is 0 Å². The Morgan fingerprint density at radius 2 is 1.70 bits per heavy atom. The molecule has 5 heteroatoms. The van der Waals surface area contributed by atoms with E-state index in [2.05, 4.69) is 4.99 Å². The Morgan fingerprint density at radius 3 is 2.39 bits per heavy atom.